The van der Waals surface area contributed by atoms with Gasteiger partial charge in [0.2, 0.25) is 5.91 Å². The van der Waals surface area contributed by atoms with E-state index in [0.29, 0.717) is 0 Å². The predicted molar refractivity (Wildman–Crippen MR) is 109 cm³/mol. The molecular formula is C21H31N3OS. The number of nitrogens with zero attached hydrogens (tertiary/aromatic N) is 2. The molecule has 26 heavy (non-hydrogen) atoms. The lowest BCUT2D eigenvalue weighted by Crippen LogP contribution is -2.57. The number of nitrogens with two attached hydrogens (primary N) is 1. The molecule has 142 valence electrons. The third kappa shape index (κ3) is 3.52. The topological polar surface area (TPSA) is 59.2 Å². The lowest BCUT2D eigenvalue weighted by Gasteiger charge is -2.46. The van der Waals surface area contributed by atoms with E-state index < -0.39 is 0 Å². The Labute approximate surface area is 160 Å². The van der Waals surface area contributed by atoms with Crippen LogP contribution in [0.5, 0.6) is 0 Å². The van der Waals surface area contributed by atoms with E-state index in [9.17, 15) is 4.79 Å². The smallest absolute Gasteiger partial charge is 0.229 e. The molecule has 1 aromatic carbocycles. The SMILES string of the molecule is CCC(CC)(Cc1nc2ccccc2s1)C(=O)N1CCC(N)C(C)(C)C1. The summed E-state index contributed by atoms with van der Waals surface area (Å²) in [6, 6.07) is 8.37. The molecule has 1 fully saturated rings. The Bertz CT molecular complexity index is 745. The molecule has 1 unspecified atom stereocenters. The van der Waals surface area contributed by atoms with Gasteiger partial charge in [-0.1, -0.05) is 39.8 Å². The van der Waals surface area contributed by atoms with Crippen molar-refractivity contribution in [3.8, 4) is 0 Å². The number of para-hydroxylation sites is 1. The number of likely N-dealkylation sites (tertiary alicyclic amines) is 1. The molecule has 0 radical (unpaired) electrons. The van der Waals surface area contributed by atoms with E-state index in [0.717, 1.165) is 49.3 Å². The van der Waals surface area contributed by atoms with Gasteiger partial charge in [0.15, 0.2) is 0 Å². The summed E-state index contributed by atoms with van der Waals surface area (Å²) in [5.74, 6) is 0.279. The van der Waals surface area contributed by atoms with E-state index in [1.807, 2.05) is 18.2 Å². The molecule has 4 nitrogen and oxygen atoms in total. The van der Waals surface area contributed by atoms with Crippen molar-refractivity contribution in [1.29, 1.82) is 0 Å². The zero-order chi connectivity index (χ0) is 18.9. The van der Waals surface area contributed by atoms with Crippen LogP contribution in [0.3, 0.4) is 0 Å². The van der Waals surface area contributed by atoms with Gasteiger partial charge in [-0.05, 0) is 36.8 Å². The number of aromatic nitrogens is 1. The minimum absolute atomic E-state index is 0.0308. The molecule has 1 atom stereocenters. The van der Waals surface area contributed by atoms with Crippen molar-refractivity contribution in [2.24, 2.45) is 16.6 Å². The number of benzene rings is 1. The Morgan fingerprint density at radius 3 is 2.65 bits per heavy atom. The number of piperidine rings is 1. The molecule has 1 aliphatic rings. The highest BCUT2D eigenvalue weighted by molar-refractivity contribution is 7.18. The summed E-state index contributed by atoms with van der Waals surface area (Å²) in [4.78, 5) is 20.4. The van der Waals surface area contributed by atoms with Crippen LogP contribution in [0, 0.1) is 10.8 Å². The van der Waals surface area contributed by atoms with Crippen LogP contribution in [0.2, 0.25) is 0 Å². The second-order valence-corrected chi connectivity index (χ2v) is 9.47. The Kier molecular flexibility index (Phi) is 5.40. The molecule has 5 heteroatoms. The number of hydrogen-bond acceptors (Lipinski definition) is 4. The number of thiazole rings is 1. The summed E-state index contributed by atoms with van der Waals surface area (Å²) in [7, 11) is 0. The summed E-state index contributed by atoms with van der Waals surface area (Å²) in [6.07, 6.45) is 3.27. The van der Waals surface area contributed by atoms with Crippen molar-refractivity contribution in [3.63, 3.8) is 0 Å². The van der Waals surface area contributed by atoms with E-state index in [-0.39, 0.29) is 22.8 Å². The molecule has 0 aliphatic carbocycles. The molecule has 1 amide bonds. The highest BCUT2D eigenvalue weighted by atomic mass is 32.1. The summed E-state index contributed by atoms with van der Waals surface area (Å²) >= 11 is 1.72. The maximum absolute atomic E-state index is 13.6. The van der Waals surface area contributed by atoms with E-state index in [2.05, 4.69) is 38.7 Å². The third-order valence-electron chi connectivity index (χ3n) is 6.23. The van der Waals surface area contributed by atoms with Crippen molar-refractivity contribution in [3.05, 3.63) is 29.3 Å². The summed E-state index contributed by atoms with van der Waals surface area (Å²) in [5, 5.41) is 1.07. The molecule has 0 saturated carbocycles. The third-order valence-corrected chi connectivity index (χ3v) is 7.27. The number of rotatable bonds is 5. The molecule has 1 aliphatic heterocycles. The van der Waals surface area contributed by atoms with E-state index >= 15 is 0 Å². The molecule has 1 saturated heterocycles. The number of fused-ring (bicyclic) bond motifs is 1. The van der Waals surface area contributed by atoms with Gasteiger partial charge in [-0.15, -0.1) is 11.3 Å². The second kappa shape index (κ2) is 7.28. The lowest BCUT2D eigenvalue weighted by molar-refractivity contribution is -0.146. The normalized spacial score (nSPS) is 20.5. The van der Waals surface area contributed by atoms with Crippen molar-refractivity contribution < 1.29 is 4.79 Å². The fourth-order valence-corrected chi connectivity index (χ4v) is 5.16. The molecule has 2 aromatic rings. The second-order valence-electron chi connectivity index (χ2n) is 8.35. The van der Waals surface area contributed by atoms with Crippen LogP contribution in [0.4, 0.5) is 0 Å². The van der Waals surface area contributed by atoms with Crippen molar-refractivity contribution in [1.82, 2.24) is 9.88 Å². The number of carbonyl (C=O) groups is 1. The van der Waals surface area contributed by atoms with Crippen LogP contribution in [0.15, 0.2) is 24.3 Å². The fraction of sp³-hybridized carbons (Fsp3) is 0.619. The van der Waals surface area contributed by atoms with Crippen LogP contribution < -0.4 is 5.73 Å². The van der Waals surface area contributed by atoms with E-state index in [1.165, 1.54) is 4.70 Å². The average molecular weight is 374 g/mol. The van der Waals surface area contributed by atoms with Crippen molar-refractivity contribution >= 4 is 27.5 Å². The number of amides is 1. The van der Waals surface area contributed by atoms with Gasteiger partial charge in [0.05, 0.1) is 20.6 Å². The van der Waals surface area contributed by atoms with Crippen LogP contribution in [-0.4, -0.2) is 34.9 Å². The molecule has 2 heterocycles. The zero-order valence-electron chi connectivity index (χ0n) is 16.4. The monoisotopic (exact) mass is 373 g/mol. The molecule has 0 bridgehead atoms. The highest BCUT2D eigenvalue weighted by Crippen LogP contribution is 2.38. The van der Waals surface area contributed by atoms with Gasteiger partial charge >= 0.3 is 0 Å². The van der Waals surface area contributed by atoms with Crippen LogP contribution >= 0.6 is 11.3 Å². The summed E-state index contributed by atoms with van der Waals surface area (Å²) in [6.45, 7) is 10.1. The van der Waals surface area contributed by atoms with Gasteiger partial charge in [-0.3, -0.25) is 4.79 Å². The Morgan fingerprint density at radius 2 is 2.04 bits per heavy atom. The van der Waals surface area contributed by atoms with Gasteiger partial charge in [0, 0.05) is 25.6 Å². The zero-order valence-corrected chi connectivity index (χ0v) is 17.2. The van der Waals surface area contributed by atoms with E-state index in [4.69, 9.17) is 10.7 Å². The van der Waals surface area contributed by atoms with Crippen molar-refractivity contribution in [2.75, 3.05) is 13.1 Å². The molecular weight excluding hydrogens is 342 g/mol. The first kappa shape index (κ1) is 19.3. The first-order valence-electron chi connectivity index (χ1n) is 9.71. The van der Waals surface area contributed by atoms with Gasteiger partial charge in [0.1, 0.15) is 0 Å². The summed E-state index contributed by atoms with van der Waals surface area (Å²) in [5.41, 5.74) is 6.90. The standard InChI is InChI=1S/C21H31N3OS/c1-5-21(6-2,13-18-23-15-9-7-8-10-16(15)26-18)19(25)24-12-11-17(22)20(3,4)14-24/h7-10,17H,5-6,11-14,22H2,1-4H3. The summed E-state index contributed by atoms with van der Waals surface area (Å²) < 4.78 is 1.20. The maximum atomic E-state index is 13.6. The predicted octanol–water partition coefficient (Wildman–Crippen LogP) is 4.23. The first-order chi connectivity index (χ1) is 12.3. The molecule has 3 rings (SSSR count). The van der Waals surface area contributed by atoms with Crippen LogP contribution in [-0.2, 0) is 11.2 Å². The Balaban J connectivity index is 1.85. The Hall–Kier alpha value is -1.46. The highest BCUT2D eigenvalue weighted by Gasteiger charge is 2.43. The largest absolute Gasteiger partial charge is 0.342 e. The maximum Gasteiger partial charge on any atom is 0.229 e. The lowest BCUT2D eigenvalue weighted by atomic mass is 9.75. The van der Waals surface area contributed by atoms with Crippen LogP contribution in [0.1, 0.15) is 52.0 Å². The van der Waals surface area contributed by atoms with Gasteiger partial charge in [-0.2, -0.15) is 0 Å². The number of carbonyl (C=O) groups excluding carboxylic acids is 1. The van der Waals surface area contributed by atoms with E-state index in [1.54, 1.807) is 11.3 Å². The fourth-order valence-electron chi connectivity index (χ4n) is 4.05. The molecule has 0 spiro atoms. The molecule has 2 N–H and O–H groups in total. The first-order valence-corrected chi connectivity index (χ1v) is 10.5. The number of hydrogen-bond donors (Lipinski definition) is 1. The minimum atomic E-state index is -0.370. The minimum Gasteiger partial charge on any atom is -0.342 e. The Morgan fingerprint density at radius 1 is 1.35 bits per heavy atom. The van der Waals surface area contributed by atoms with Gasteiger partial charge in [-0.25, -0.2) is 4.98 Å². The van der Waals surface area contributed by atoms with Gasteiger partial charge < -0.3 is 10.6 Å². The van der Waals surface area contributed by atoms with Crippen molar-refractivity contribution in [2.45, 2.75) is 59.4 Å². The molecule has 1 aromatic heterocycles. The average Bonchev–Trinajstić information content (AvgIpc) is 3.03. The quantitative estimate of drug-likeness (QED) is 0.853. The van der Waals surface area contributed by atoms with Gasteiger partial charge in [0.25, 0.3) is 0 Å². The van der Waals surface area contributed by atoms with Crippen LogP contribution in [0.25, 0.3) is 10.2 Å².